The van der Waals surface area contributed by atoms with E-state index in [2.05, 4.69) is 86.6 Å². The summed E-state index contributed by atoms with van der Waals surface area (Å²) in [5, 5.41) is 8.65. The van der Waals surface area contributed by atoms with Gasteiger partial charge >= 0.3 is 0 Å². The maximum atomic E-state index is 4.84. The van der Waals surface area contributed by atoms with E-state index in [1.54, 1.807) is 17.7 Å². The minimum atomic E-state index is 0.0383. The number of benzene rings is 3. The van der Waals surface area contributed by atoms with Crippen LogP contribution in [0.5, 0.6) is 0 Å². The first-order chi connectivity index (χ1) is 14.9. The fourth-order valence-electron chi connectivity index (χ4n) is 4.59. The van der Waals surface area contributed by atoms with E-state index in [0.717, 1.165) is 10.5 Å². The van der Waals surface area contributed by atoms with Crippen LogP contribution in [0.15, 0.2) is 60.2 Å². The number of aromatic nitrogens is 2. The molecule has 0 aliphatic rings. The lowest BCUT2D eigenvalue weighted by Crippen LogP contribution is -2.12. The topological polar surface area (TPSA) is 25.8 Å². The van der Waals surface area contributed by atoms with Crippen molar-refractivity contribution < 1.29 is 0 Å². The van der Waals surface area contributed by atoms with Gasteiger partial charge in [0.2, 0.25) is 0 Å². The number of nitrogens with zero attached hydrogens (tertiary/aromatic N) is 2. The average Bonchev–Trinajstić information content (AvgIpc) is 3.32. The van der Waals surface area contributed by atoms with Gasteiger partial charge in [-0.3, -0.25) is 0 Å². The SMILES string of the molecule is Cc1csc2c1ccc1sc3ncnc(-c4cc(C(C)(C)C)c5ccccc5c4)c3c12. The predicted molar refractivity (Wildman–Crippen MR) is 137 cm³/mol. The van der Waals surface area contributed by atoms with Crippen molar-refractivity contribution in [3.05, 3.63) is 71.4 Å². The average molecular weight is 439 g/mol. The Bertz CT molecular complexity index is 1630. The lowest BCUT2D eigenvalue weighted by atomic mass is 9.82. The molecule has 3 aromatic carbocycles. The molecular formula is C27H22N2S2. The van der Waals surface area contributed by atoms with E-state index in [1.807, 2.05) is 11.3 Å². The molecule has 0 spiro atoms. The van der Waals surface area contributed by atoms with Gasteiger partial charge in [-0.25, -0.2) is 9.97 Å². The second-order valence-corrected chi connectivity index (χ2v) is 11.1. The van der Waals surface area contributed by atoms with Crippen molar-refractivity contribution >= 4 is 63.8 Å². The molecule has 4 heteroatoms. The van der Waals surface area contributed by atoms with Crippen LogP contribution in [0.2, 0.25) is 0 Å². The molecule has 2 nitrogen and oxygen atoms in total. The Morgan fingerprint density at radius 1 is 0.871 bits per heavy atom. The van der Waals surface area contributed by atoms with Gasteiger partial charge in [-0.1, -0.05) is 51.1 Å². The number of hydrogen-bond acceptors (Lipinski definition) is 4. The van der Waals surface area contributed by atoms with E-state index in [9.17, 15) is 0 Å². The van der Waals surface area contributed by atoms with E-state index >= 15 is 0 Å². The highest BCUT2D eigenvalue weighted by atomic mass is 32.1. The molecule has 0 aliphatic carbocycles. The number of rotatable bonds is 1. The molecule has 0 saturated carbocycles. The van der Waals surface area contributed by atoms with Crippen molar-refractivity contribution in [1.29, 1.82) is 0 Å². The molecule has 0 atom stereocenters. The van der Waals surface area contributed by atoms with Gasteiger partial charge in [0.25, 0.3) is 0 Å². The van der Waals surface area contributed by atoms with Crippen molar-refractivity contribution in [3.8, 4) is 11.3 Å². The number of fused-ring (bicyclic) bond motifs is 6. The second kappa shape index (κ2) is 6.59. The highest BCUT2D eigenvalue weighted by Crippen LogP contribution is 2.44. The minimum Gasteiger partial charge on any atom is -0.236 e. The molecule has 0 fully saturated rings. The van der Waals surface area contributed by atoms with E-state index in [0.29, 0.717) is 0 Å². The van der Waals surface area contributed by atoms with Gasteiger partial charge in [-0.15, -0.1) is 22.7 Å². The maximum Gasteiger partial charge on any atom is 0.128 e. The smallest absolute Gasteiger partial charge is 0.128 e. The zero-order valence-corrected chi connectivity index (χ0v) is 19.6. The van der Waals surface area contributed by atoms with Crippen LogP contribution in [-0.2, 0) is 5.41 Å². The molecule has 0 N–H and O–H groups in total. The zero-order valence-electron chi connectivity index (χ0n) is 18.0. The van der Waals surface area contributed by atoms with Gasteiger partial charge in [-0.2, -0.15) is 0 Å². The van der Waals surface area contributed by atoms with Gasteiger partial charge in [0.05, 0.1) is 5.69 Å². The number of hydrogen-bond donors (Lipinski definition) is 0. The van der Waals surface area contributed by atoms with Crippen molar-refractivity contribution in [2.24, 2.45) is 0 Å². The van der Waals surface area contributed by atoms with Crippen LogP contribution in [0.1, 0.15) is 31.9 Å². The van der Waals surface area contributed by atoms with Crippen molar-refractivity contribution in [2.75, 3.05) is 0 Å². The normalized spacial score (nSPS) is 12.5. The Morgan fingerprint density at radius 2 is 1.71 bits per heavy atom. The van der Waals surface area contributed by atoms with E-state index in [-0.39, 0.29) is 5.41 Å². The number of thiophene rings is 2. The van der Waals surface area contributed by atoms with Crippen LogP contribution >= 0.6 is 22.7 Å². The largest absolute Gasteiger partial charge is 0.236 e. The Balaban J connectivity index is 1.76. The third-order valence-electron chi connectivity index (χ3n) is 6.11. The monoisotopic (exact) mass is 438 g/mol. The first kappa shape index (κ1) is 18.9. The van der Waals surface area contributed by atoms with Crippen molar-refractivity contribution in [2.45, 2.75) is 33.1 Å². The maximum absolute atomic E-state index is 4.84. The summed E-state index contributed by atoms with van der Waals surface area (Å²) < 4.78 is 2.62. The van der Waals surface area contributed by atoms with Crippen LogP contribution in [0.25, 0.3) is 52.4 Å². The van der Waals surface area contributed by atoms with Crippen LogP contribution in [0, 0.1) is 6.92 Å². The molecule has 31 heavy (non-hydrogen) atoms. The molecule has 0 bridgehead atoms. The number of aryl methyl sites for hydroxylation is 1. The molecule has 0 unspecified atom stereocenters. The Morgan fingerprint density at radius 3 is 2.55 bits per heavy atom. The third kappa shape index (κ3) is 2.82. The second-order valence-electron chi connectivity index (χ2n) is 9.23. The van der Waals surface area contributed by atoms with E-state index < -0.39 is 0 Å². The lowest BCUT2D eigenvalue weighted by Gasteiger charge is -2.22. The molecule has 0 amide bonds. The highest BCUT2D eigenvalue weighted by molar-refractivity contribution is 7.27. The molecule has 3 heterocycles. The zero-order chi connectivity index (χ0) is 21.3. The Kier molecular flexibility index (Phi) is 4.02. The van der Waals surface area contributed by atoms with Gasteiger partial charge in [0.1, 0.15) is 11.2 Å². The standard InChI is InChI=1S/C27H22N2S2/c1-15-13-30-25-18(15)9-10-21-22(25)23-24(28-14-29-26(23)31-21)17-11-16-7-5-6-8-19(16)20(12-17)27(2,3)4/h5-14H,1-4H3. The summed E-state index contributed by atoms with van der Waals surface area (Å²) in [6.07, 6.45) is 1.72. The van der Waals surface area contributed by atoms with Crippen LogP contribution < -0.4 is 0 Å². The van der Waals surface area contributed by atoms with Crippen LogP contribution in [-0.4, -0.2) is 9.97 Å². The molecule has 0 radical (unpaired) electrons. The molecule has 0 saturated heterocycles. The molecule has 152 valence electrons. The fraction of sp³-hybridized carbons (Fsp3) is 0.185. The summed E-state index contributed by atoms with van der Waals surface area (Å²) in [6, 6.07) is 17.8. The molecular weight excluding hydrogens is 416 g/mol. The van der Waals surface area contributed by atoms with Gasteiger partial charge in [-0.05, 0) is 63.2 Å². The molecule has 6 aromatic rings. The van der Waals surface area contributed by atoms with E-state index in [1.165, 1.54) is 53.0 Å². The van der Waals surface area contributed by atoms with Crippen molar-refractivity contribution in [3.63, 3.8) is 0 Å². The summed E-state index contributed by atoms with van der Waals surface area (Å²) in [5.74, 6) is 0. The first-order valence-electron chi connectivity index (χ1n) is 10.5. The Hall–Kier alpha value is -2.82. The van der Waals surface area contributed by atoms with Gasteiger partial charge < -0.3 is 0 Å². The molecule has 3 aromatic heterocycles. The van der Waals surface area contributed by atoms with Crippen molar-refractivity contribution in [1.82, 2.24) is 9.97 Å². The summed E-state index contributed by atoms with van der Waals surface area (Å²) in [6.45, 7) is 9.04. The fourth-order valence-corrected chi connectivity index (χ4v) is 6.82. The summed E-state index contributed by atoms with van der Waals surface area (Å²) >= 11 is 3.59. The lowest BCUT2D eigenvalue weighted by molar-refractivity contribution is 0.596. The Labute approximate surface area is 189 Å². The first-order valence-corrected chi connectivity index (χ1v) is 12.2. The van der Waals surface area contributed by atoms with Crippen LogP contribution in [0.4, 0.5) is 0 Å². The minimum absolute atomic E-state index is 0.0383. The van der Waals surface area contributed by atoms with Gasteiger partial charge in [0.15, 0.2) is 0 Å². The van der Waals surface area contributed by atoms with E-state index in [4.69, 9.17) is 4.98 Å². The molecule has 0 aliphatic heterocycles. The quantitative estimate of drug-likeness (QED) is 0.257. The summed E-state index contributed by atoms with van der Waals surface area (Å²) in [7, 11) is 0. The summed E-state index contributed by atoms with van der Waals surface area (Å²) in [4.78, 5) is 10.6. The third-order valence-corrected chi connectivity index (χ3v) is 8.30. The van der Waals surface area contributed by atoms with Crippen LogP contribution in [0.3, 0.4) is 0 Å². The predicted octanol–water partition coefficient (Wildman–Crippen LogP) is 8.49. The van der Waals surface area contributed by atoms with Gasteiger partial charge in [0, 0.05) is 25.7 Å². The molecule has 6 rings (SSSR count). The summed E-state index contributed by atoms with van der Waals surface area (Å²) in [5.41, 5.74) is 4.92. The highest BCUT2D eigenvalue weighted by Gasteiger charge is 2.21.